The average Bonchev–Trinajstić information content (AvgIpc) is 2.47. The van der Waals surface area contributed by atoms with Crippen LogP contribution in [0.1, 0.15) is 25.7 Å². The van der Waals surface area contributed by atoms with Gasteiger partial charge < -0.3 is 10.2 Å². The number of aromatic nitrogens is 1. The minimum absolute atomic E-state index is 0.250. The Hall–Kier alpha value is -1.22. The molecule has 0 aliphatic heterocycles. The zero-order chi connectivity index (χ0) is 10.3. The Bertz CT molecular complexity index is 476. The van der Waals surface area contributed by atoms with Crippen LogP contribution in [0.3, 0.4) is 0 Å². The van der Waals surface area contributed by atoms with Crippen molar-refractivity contribution in [2.24, 2.45) is 0 Å². The van der Waals surface area contributed by atoms with Gasteiger partial charge >= 0.3 is 0 Å². The number of nitrogen functional groups attached to an aromatic ring is 1. The summed E-state index contributed by atoms with van der Waals surface area (Å²) in [6, 6.07) is 3.43. The first-order valence-corrected chi connectivity index (χ1v) is 4.81. The normalized spacial score (nSPS) is 11.4. The maximum atomic E-state index is 5.97. The molecule has 0 aliphatic carbocycles. The molecule has 0 aliphatic rings. The Morgan fingerprint density at radius 1 is 1.43 bits per heavy atom. The van der Waals surface area contributed by atoms with E-state index < -0.39 is 0 Å². The van der Waals surface area contributed by atoms with Gasteiger partial charge in [0.2, 0.25) is 0 Å². The molecule has 74 valence electrons. The van der Waals surface area contributed by atoms with Crippen molar-refractivity contribution in [2.75, 3.05) is 5.73 Å². The topological polar surface area (TPSA) is 52.0 Å². The van der Waals surface area contributed by atoms with E-state index in [4.69, 9.17) is 21.8 Å². The lowest BCUT2D eigenvalue weighted by Gasteiger charge is -1.94. The zero-order valence-corrected chi connectivity index (χ0v) is 8.80. The molecule has 4 heteroatoms. The van der Waals surface area contributed by atoms with E-state index in [0.29, 0.717) is 22.2 Å². The van der Waals surface area contributed by atoms with E-state index in [9.17, 15) is 0 Å². The fourth-order valence-electron chi connectivity index (χ4n) is 1.28. The van der Waals surface area contributed by atoms with Gasteiger partial charge in [-0.2, -0.15) is 0 Å². The number of oxazole rings is 1. The molecule has 0 fully saturated rings. The van der Waals surface area contributed by atoms with Crippen LogP contribution < -0.4 is 5.73 Å². The first-order valence-electron chi connectivity index (χ1n) is 4.43. The van der Waals surface area contributed by atoms with Crippen molar-refractivity contribution in [2.45, 2.75) is 19.8 Å². The van der Waals surface area contributed by atoms with Crippen LogP contribution in [0.5, 0.6) is 0 Å². The van der Waals surface area contributed by atoms with Crippen molar-refractivity contribution >= 4 is 28.4 Å². The maximum absolute atomic E-state index is 5.97. The molecule has 14 heavy (non-hydrogen) atoms. The van der Waals surface area contributed by atoms with E-state index in [1.54, 1.807) is 12.1 Å². The Labute approximate surface area is 86.9 Å². The van der Waals surface area contributed by atoms with Crippen LogP contribution in [0.4, 0.5) is 5.69 Å². The number of halogens is 1. The predicted octanol–water partition coefficient (Wildman–Crippen LogP) is 3.19. The minimum atomic E-state index is 0.250. The molecular formula is C10H11ClN2O. The standard InChI is InChI=1S/C10H11ClN2O/c1-5(2)10-13-8-4-6(12)3-7(11)9(8)14-10/h3-5H,12H2,1-2H3. The van der Waals surface area contributed by atoms with Crippen LogP contribution in [0, 0.1) is 0 Å². The molecule has 1 aromatic carbocycles. The lowest BCUT2D eigenvalue weighted by Crippen LogP contribution is -1.85. The van der Waals surface area contributed by atoms with Crippen LogP contribution in [0.25, 0.3) is 11.1 Å². The fraction of sp³-hybridized carbons (Fsp3) is 0.300. The molecule has 1 aromatic heterocycles. The van der Waals surface area contributed by atoms with Gasteiger partial charge in [-0.3, -0.25) is 0 Å². The third-order valence-corrected chi connectivity index (χ3v) is 2.26. The number of nitrogens with zero attached hydrogens (tertiary/aromatic N) is 1. The van der Waals surface area contributed by atoms with Crippen molar-refractivity contribution in [3.05, 3.63) is 23.0 Å². The second-order valence-electron chi connectivity index (χ2n) is 3.56. The predicted molar refractivity (Wildman–Crippen MR) is 57.5 cm³/mol. The van der Waals surface area contributed by atoms with Crippen LogP contribution in [-0.4, -0.2) is 4.98 Å². The number of benzene rings is 1. The molecular weight excluding hydrogens is 200 g/mol. The molecule has 2 aromatic rings. The molecule has 0 spiro atoms. The smallest absolute Gasteiger partial charge is 0.198 e. The molecule has 0 unspecified atom stereocenters. The Kier molecular flexibility index (Phi) is 2.11. The van der Waals surface area contributed by atoms with Crippen molar-refractivity contribution in [3.63, 3.8) is 0 Å². The minimum Gasteiger partial charge on any atom is -0.439 e. The summed E-state index contributed by atoms with van der Waals surface area (Å²) in [5.41, 5.74) is 7.58. The second kappa shape index (κ2) is 3.17. The quantitative estimate of drug-likeness (QED) is 0.736. The van der Waals surface area contributed by atoms with Crippen molar-refractivity contribution < 1.29 is 4.42 Å². The molecule has 1 heterocycles. The van der Waals surface area contributed by atoms with Crippen LogP contribution in [-0.2, 0) is 0 Å². The van der Waals surface area contributed by atoms with Crippen molar-refractivity contribution in [3.8, 4) is 0 Å². The summed E-state index contributed by atoms with van der Waals surface area (Å²) in [7, 11) is 0. The number of nitrogens with two attached hydrogens (primary N) is 1. The number of hydrogen-bond acceptors (Lipinski definition) is 3. The Morgan fingerprint density at radius 2 is 2.14 bits per heavy atom. The number of hydrogen-bond donors (Lipinski definition) is 1. The molecule has 0 bridgehead atoms. The van der Waals surface area contributed by atoms with Crippen LogP contribution >= 0.6 is 11.6 Å². The largest absolute Gasteiger partial charge is 0.439 e. The molecule has 3 nitrogen and oxygen atoms in total. The van der Waals surface area contributed by atoms with Gasteiger partial charge in [-0.15, -0.1) is 0 Å². The van der Waals surface area contributed by atoms with Gasteiger partial charge in [-0.1, -0.05) is 25.4 Å². The third-order valence-electron chi connectivity index (χ3n) is 1.98. The van der Waals surface area contributed by atoms with E-state index in [0.717, 1.165) is 5.52 Å². The summed E-state index contributed by atoms with van der Waals surface area (Å²) in [4.78, 5) is 4.30. The summed E-state index contributed by atoms with van der Waals surface area (Å²) in [5, 5.41) is 0.513. The summed E-state index contributed by atoms with van der Waals surface area (Å²) < 4.78 is 5.52. The second-order valence-corrected chi connectivity index (χ2v) is 3.96. The molecule has 2 rings (SSSR count). The van der Waals surface area contributed by atoms with E-state index in [1.165, 1.54) is 0 Å². The molecule has 0 atom stereocenters. The van der Waals surface area contributed by atoms with Gasteiger partial charge in [0.15, 0.2) is 11.5 Å². The fourth-order valence-corrected chi connectivity index (χ4v) is 1.54. The first kappa shape index (κ1) is 9.34. The lowest BCUT2D eigenvalue weighted by atomic mass is 10.2. The van der Waals surface area contributed by atoms with E-state index in [1.807, 2.05) is 13.8 Å². The Balaban J connectivity index is 2.70. The Morgan fingerprint density at radius 3 is 2.79 bits per heavy atom. The van der Waals surface area contributed by atoms with E-state index >= 15 is 0 Å². The molecule has 0 saturated carbocycles. The summed E-state index contributed by atoms with van der Waals surface area (Å²) in [6.45, 7) is 4.03. The maximum Gasteiger partial charge on any atom is 0.198 e. The van der Waals surface area contributed by atoms with Gasteiger partial charge in [0.05, 0.1) is 5.02 Å². The highest BCUT2D eigenvalue weighted by Crippen LogP contribution is 2.29. The number of anilines is 1. The number of fused-ring (bicyclic) bond motifs is 1. The summed E-state index contributed by atoms with van der Waals surface area (Å²) in [6.07, 6.45) is 0. The SMILES string of the molecule is CC(C)c1nc2cc(N)cc(Cl)c2o1. The molecule has 0 radical (unpaired) electrons. The van der Waals surface area contributed by atoms with Crippen molar-refractivity contribution in [1.82, 2.24) is 4.98 Å². The highest BCUT2D eigenvalue weighted by atomic mass is 35.5. The van der Waals surface area contributed by atoms with E-state index in [2.05, 4.69) is 4.98 Å². The lowest BCUT2D eigenvalue weighted by molar-refractivity contribution is 0.501. The van der Waals surface area contributed by atoms with Crippen molar-refractivity contribution in [1.29, 1.82) is 0 Å². The van der Waals surface area contributed by atoms with Gasteiger partial charge in [-0.25, -0.2) is 4.98 Å². The molecule has 2 N–H and O–H groups in total. The van der Waals surface area contributed by atoms with Crippen LogP contribution in [0.15, 0.2) is 16.5 Å². The highest BCUT2D eigenvalue weighted by Gasteiger charge is 2.12. The van der Waals surface area contributed by atoms with Gasteiger partial charge in [0.25, 0.3) is 0 Å². The molecule has 0 saturated heterocycles. The average molecular weight is 211 g/mol. The molecule has 0 amide bonds. The summed E-state index contributed by atoms with van der Waals surface area (Å²) in [5.74, 6) is 0.937. The summed E-state index contributed by atoms with van der Waals surface area (Å²) >= 11 is 5.97. The first-order chi connectivity index (χ1) is 6.58. The monoisotopic (exact) mass is 210 g/mol. The number of rotatable bonds is 1. The van der Waals surface area contributed by atoms with E-state index in [-0.39, 0.29) is 5.92 Å². The van der Waals surface area contributed by atoms with Crippen LogP contribution in [0.2, 0.25) is 5.02 Å². The van der Waals surface area contributed by atoms with Gasteiger partial charge in [0, 0.05) is 11.6 Å². The zero-order valence-electron chi connectivity index (χ0n) is 8.04. The van der Waals surface area contributed by atoms with Gasteiger partial charge in [0.1, 0.15) is 5.52 Å². The highest BCUT2D eigenvalue weighted by molar-refractivity contribution is 6.35. The third kappa shape index (κ3) is 1.44. The van der Waals surface area contributed by atoms with Gasteiger partial charge in [-0.05, 0) is 12.1 Å².